The van der Waals surface area contributed by atoms with E-state index in [0.29, 0.717) is 18.3 Å². The second kappa shape index (κ2) is 5.96. The molecule has 106 valence electrons. The van der Waals surface area contributed by atoms with Crippen LogP contribution in [-0.2, 0) is 6.42 Å². The van der Waals surface area contributed by atoms with Crippen LogP contribution in [0.4, 0.5) is 0 Å². The zero-order valence-corrected chi connectivity index (χ0v) is 12.4. The Morgan fingerprint density at radius 2 is 2.05 bits per heavy atom. The average Bonchev–Trinajstić information content (AvgIpc) is 2.39. The van der Waals surface area contributed by atoms with Crippen molar-refractivity contribution in [2.24, 2.45) is 11.8 Å². The van der Waals surface area contributed by atoms with Gasteiger partial charge in [0.25, 0.3) is 0 Å². The lowest BCUT2D eigenvalue weighted by molar-refractivity contribution is -0.0655. The molecule has 2 heteroatoms. The maximum atomic E-state index is 11.1. The lowest BCUT2D eigenvalue weighted by atomic mass is 9.68. The van der Waals surface area contributed by atoms with Gasteiger partial charge in [-0.25, -0.2) is 0 Å². The number of rotatable bonds is 4. The van der Waals surface area contributed by atoms with Crippen LogP contribution in [0.2, 0.25) is 0 Å². The minimum Gasteiger partial charge on any atom is -0.496 e. The summed E-state index contributed by atoms with van der Waals surface area (Å²) in [6.45, 7) is 4.45. The van der Waals surface area contributed by atoms with Gasteiger partial charge in [-0.15, -0.1) is 0 Å². The van der Waals surface area contributed by atoms with E-state index in [4.69, 9.17) is 4.74 Å². The minimum absolute atomic E-state index is 0.395. The van der Waals surface area contributed by atoms with E-state index in [1.165, 1.54) is 6.42 Å². The number of benzene rings is 1. The maximum Gasteiger partial charge on any atom is 0.122 e. The molecule has 1 saturated carbocycles. The van der Waals surface area contributed by atoms with E-state index in [1.807, 2.05) is 18.2 Å². The molecule has 0 heterocycles. The molecule has 1 N–H and O–H groups in total. The molecule has 0 bridgehead atoms. The summed E-state index contributed by atoms with van der Waals surface area (Å²) in [5, 5.41) is 11.1. The fourth-order valence-electron chi connectivity index (χ4n) is 3.60. The van der Waals surface area contributed by atoms with Crippen molar-refractivity contribution in [1.82, 2.24) is 0 Å². The SMILES string of the molecule is COc1ccccc1CC1(O)CCCCC1C(C)C. The fraction of sp³-hybridized carbons (Fsp3) is 0.647. The summed E-state index contributed by atoms with van der Waals surface area (Å²) in [7, 11) is 1.70. The van der Waals surface area contributed by atoms with Crippen LogP contribution in [0.15, 0.2) is 24.3 Å². The Kier molecular flexibility index (Phi) is 4.51. The highest BCUT2D eigenvalue weighted by molar-refractivity contribution is 5.34. The molecule has 2 rings (SSSR count). The van der Waals surface area contributed by atoms with E-state index in [-0.39, 0.29) is 0 Å². The molecule has 19 heavy (non-hydrogen) atoms. The second-order valence-electron chi connectivity index (χ2n) is 6.19. The molecule has 1 aromatic carbocycles. The maximum absolute atomic E-state index is 11.1. The van der Waals surface area contributed by atoms with Crippen molar-refractivity contribution in [3.8, 4) is 5.75 Å². The molecule has 2 nitrogen and oxygen atoms in total. The number of methoxy groups -OCH3 is 1. The summed E-state index contributed by atoms with van der Waals surface area (Å²) < 4.78 is 5.42. The highest BCUT2D eigenvalue weighted by atomic mass is 16.5. The van der Waals surface area contributed by atoms with Crippen molar-refractivity contribution in [1.29, 1.82) is 0 Å². The zero-order valence-electron chi connectivity index (χ0n) is 12.4. The highest BCUT2D eigenvalue weighted by Crippen LogP contribution is 2.41. The van der Waals surface area contributed by atoms with Gasteiger partial charge < -0.3 is 9.84 Å². The first-order valence-electron chi connectivity index (χ1n) is 7.41. The van der Waals surface area contributed by atoms with Crippen LogP contribution < -0.4 is 4.74 Å². The molecular formula is C17H26O2. The monoisotopic (exact) mass is 262 g/mol. The summed E-state index contributed by atoms with van der Waals surface area (Å²) in [5.41, 5.74) is 0.557. The Bertz CT molecular complexity index is 413. The fourth-order valence-corrected chi connectivity index (χ4v) is 3.60. The Morgan fingerprint density at radius 3 is 2.74 bits per heavy atom. The normalized spacial score (nSPS) is 27.5. The van der Waals surface area contributed by atoms with E-state index in [2.05, 4.69) is 19.9 Å². The Balaban J connectivity index is 2.23. The van der Waals surface area contributed by atoms with Crippen molar-refractivity contribution >= 4 is 0 Å². The number of aliphatic hydroxyl groups is 1. The third-order valence-corrected chi connectivity index (χ3v) is 4.56. The molecule has 0 spiro atoms. The van der Waals surface area contributed by atoms with Gasteiger partial charge in [-0.1, -0.05) is 44.9 Å². The molecule has 0 radical (unpaired) electrons. The topological polar surface area (TPSA) is 29.5 Å². The first-order valence-corrected chi connectivity index (χ1v) is 7.41. The van der Waals surface area contributed by atoms with Crippen molar-refractivity contribution in [2.75, 3.05) is 7.11 Å². The second-order valence-corrected chi connectivity index (χ2v) is 6.19. The smallest absolute Gasteiger partial charge is 0.122 e. The quantitative estimate of drug-likeness (QED) is 0.894. The number of ether oxygens (including phenoxy) is 1. The molecule has 0 saturated heterocycles. The van der Waals surface area contributed by atoms with Crippen LogP contribution >= 0.6 is 0 Å². The Morgan fingerprint density at radius 1 is 1.32 bits per heavy atom. The van der Waals surface area contributed by atoms with Gasteiger partial charge in [-0.2, -0.15) is 0 Å². The van der Waals surface area contributed by atoms with Gasteiger partial charge in [-0.05, 0) is 36.3 Å². The van der Waals surface area contributed by atoms with Gasteiger partial charge in [0.15, 0.2) is 0 Å². The summed E-state index contributed by atoms with van der Waals surface area (Å²) in [5.74, 6) is 1.81. The van der Waals surface area contributed by atoms with Crippen molar-refractivity contribution in [3.63, 3.8) is 0 Å². The highest BCUT2D eigenvalue weighted by Gasteiger charge is 2.40. The Hall–Kier alpha value is -1.02. The van der Waals surface area contributed by atoms with Crippen LogP contribution in [0.25, 0.3) is 0 Å². The zero-order chi connectivity index (χ0) is 13.9. The molecule has 1 aliphatic rings. The summed E-state index contributed by atoms with van der Waals surface area (Å²) >= 11 is 0. The van der Waals surface area contributed by atoms with Crippen molar-refractivity contribution in [3.05, 3.63) is 29.8 Å². The largest absolute Gasteiger partial charge is 0.496 e. The van der Waals surface area contributed by atoms with Crippen molar-refractivity contribution < 1.29 is 9.84 Å². The van der Waals surface area contributed by atoms with E-state index in [0.717, 1.165) is 30.6 Å². The van der Waals surface area contributed by atoms with Crippen LogP contribution in [0.3, 0.4) is 0 Å². The van der Waals surface area contributed by atoms with Gasteiger partial charge in [0, 0.05) is 6.42 Å². The third-order valence-electron chi connectivity index (χ3n) is 4.56. The van der Waals surface area contributed by atoms with E-state index >= 15 is 0 Å². The number of hydrogen-bond donors (Lipinski definition) is 1. The molecule has 0 aromatic heterocycles. The van der Waals surface area contributed by atoms with Gasteiger partial charge >= 0.3 is 0 Å². The van der Waals surface area contributed by atoms with E-state index in [1.54, 1.807) is 7.11 Å². The first kappa shape index (κ1) is 14.4. The molecule has 2 atom stereocenters. The molecule has 1 aliphatic carbocycles. The number of para-hydroxylation sites is 1. The van der Waals surface area contributed by atoms with Gasteiger partial charge in [0.2, 0.25) is 0 Å². The molecule has 1 fully saturated rings. The summed E-state index contributed by atoms with van der Waals surface area (Å²) in [6.07, 6.45) is 5.14. The summed E-state index contributed by atoms with van der Waals surface area (Å²) in [4.78, 5) is 0. The molecule has 0 amide bonds. The standard InChI is InChI=1S/C17H26O2/c1-13(2)15-9-6-7-11-17(15,18)12-14-8-4-5-10-16(14)19-3/h4-5,8,10,13,15,18H,6-7,9,11-12H2,1-3H3. The van der Waals surface area contributed by atoms with Gasteiger partial charge in [0.05, 0.1) is 12.7 Å². The molecular weight excluding hydrogens is 236 g/mol. The lowest BCUT2D eigenvalue weighted by Gasteiger charge is -2.42. The predicted molar refractivity (Wildman–Crippen MR) is 78.4 cm³/mol. The molecule has 2 unspecified atom stereocenters. The molecule has 1 aromatic rings. The van der Waals surface area contributed by atoms with Crippen molar-refractivity contribution in [2.45, 2.75) is 51.6 Å². The Labute approximate surface area is 116 Å². The molecule has 0 aliphatic heterocycles. The van der Waals surface area contributed by atoms with E-state index < -0.39 is 5.60 Å². The van der Waals surface area contributed by atoms with Gasteiger partial charge in [0.1, 0.15) is 5.75 Å². The summed E-state index contributed by atoms with van der Waals surface area (Å²) in [6, 6.07) is 8.05. The predicted octanol–water partition coefficient (Wildman–Crippen LogP) is 3.82. The average molecular weight is 262 g/mol. The van der Waals surface area contributed by atoms with Crippen LogP contribution in [0.5, 0.6) is 5.75 Å². The van der Waals surface area contributed by atoms with Crippen LogP contribution in [-0.4, -0.2) is 17.8 Å². The first-order chi connectivity index (χ1) is 9.07. The lowest BCUT2D eigenvalue weighted by Crippen LogP contribution is -2.45. The van der Waals surface area contributed by atoms with Gasteiger partial charge in [-0.3, -0.25) is 0 Å². The number of hydrogen-bond acceptors (Lipinski definition) is 2. The van der Waals surface area contributed by atoms with E-state index in [9.17, 15) is 5.11 Å². The van der Waals surface area contributed by atoms with Crippen LogP contribution in [0.1, 0.15) is 45.1 Å². The third kappa shape index (κ3) is 3.11. The van der Waals surface area contributed by atoms with Crippen LogP contribution in [0, 0.1) is 11.8 Å². The minimum atomic E-state index is -0.568.